The van der Waals surface area contributed by atoms with E-state index in [1.165, 1.54) is 11.8 Å². The molecule has 0 aliphatic heterocycles. The van der Waals surface area contributed by atoms with E-state index in [1.807, 2.05) is 13.8 Å². The molecular formula is C20H36N6O7S. The lowest BCUT2D eigenvalue weighted by Crippen LogP contribution is -2.57. The molecule has 0 aromatic heterocycles. The minimum absolute atomic E-state index is 0.00633. The molecular weight excluding hydrogens is 468 g/mol. The molecule has 0 heterocycles. The average Bonchev–Trinajstić information content (AvgIpc) is 2.72. The molecule has 0 fully saturated rings. The van der Waals surface area contributed by atoms with E-state index < -0.39 is 66.1 Å². The lowest BCUT2D eigenvalue weighted by molar-refractivity contribution is -0.143. The number of rotatable bonds is 17. The number of carbonyl (C=O) groups excluding carboxylic acids is 5. The van der Waals surface area contributed by atoms with Crippen LogP contribution < -0.4 is 33.2 Å². The second-order valence-electron chi connectivity index (χ2n) is 8.21. The Morgan fingerprint density at radius 3 is 1.82 bits per heavy atom. The van der Waals surface area contributed by atoms with Gasteiger partial charge in [-0.2, -0.15) is 11.8 Å². The average molecular weight is 505 g/mol. The van der Waals surface area contributed by atoms with Crippen LogP contribution in [0.4, 0.5) is 0 Å². The molecule has 10 N–H and O–H groups in total. The van der Waals surface area contributed by atoms with Crippen molar-refractivity contribution in [1.29, 1.82) is 0 Å². The SMILES string of the molecule is CSCCC(NC(=O)C(CC(C)C)NC(=O)C(N)CCC(N)=O)C(=O)NC(CC(N)=O)C(=O)O. The zero-order valence-corrected chi connectivity index (χ0v) is 20.5. The van der Waals surface area contributed by atoms with Gasteiger partial charge in [-0.05, 0) is 37.2 Å². The van der Waals surface area contributed by atoms with Gasteiger partial charge in [0.2, 0.25) is 29.5 Å². The maximum absolute atomic E-state index is 13.0. The van der Waals surface area contributed by atoms with E-state index >= 15 is 0 Å². The fourth-order valence-corrected chi connectivity index (χ4v) is 3.33. The quantitative estimate of drug-likeness (QED) is 0.113. The molecule has 0 aliphatic carbocycles. The molecule has 14 heteroatoms. The highest BCUT2D eigenvalue weighted by atomic mass is 32.2. The normalized spacial score (nSPS) is 14.4. The molecule has 0 aromatic rings. The number of nitrogens with one attached hydrogen (secondary N) is 3. The zero-order chi connectivity index (χ0) is 26.4. The minimum atomic E-state index is -1.55. The highest BCUT2D eigenvalue weighted by molar-refractivity contribution is 7.98. The summed E-state index contributed by atoms with van der Waals surface area (Å²) in [6.07, 6.45) is 1.49. The van der Waals surface area contributed by atoms with Gasteiger partial charge in [-0.1, -0.05) is 13.8 Å². The largest absolute Gasteiger partial charge is 0.480 e. The van der Waals surface area contributed by atoms with Gasteiger partial charge in [-0.15, -0.1) is 0 Å². The van der Waals surface area contributed by atoms with Crippen LogP contribution >= 0.6 is 11.8 Å². The number of carbonyl (C=O) groups is 6. The Morgan fingerprint density at radius 2 is 1.35 bits per heavy atom. The first-order chi connectivity index (χ1) is 15.8. The third-order valence-corrected chi connectivity index (χ3v) is 5.29. The van der Waals surface area contributed by atoms with E-state index in [0.717, 1.165) is 0 Å². The summed E-state index contributed by atoms with van der Waals surface area (Å²) < 4.78 is 0. The van der Waals surface area contributed by atoms with Crippen molar-refractivity contribution < 1.29 is 33.9 Å². The number of carboxylic acids is 1. The summed E-state index contributed by atoms with van der Waals surface area (Å²) in [5, 5.41) is 16.5. The van der Waals surface area contributed by atoms with Crippen molar-refractivity contribution in [3.8, 4) is 0 Å². The van der Waals surface area contributed by atoms with Crippen LogP contribution in [0.15, 0.2) is 0 Å². The van der Waals surface area contributed by atoms with Crippen molar-refractivity contribution in [2.45, 2.75) is 70.1 Å². The number of aliphatic carboxylic acids is 1. The van der Waals surface area contributed by atoms with Gasteiger partial charge in [0.1, 0.15) is 18.1 Å². The third kappa shape index (κ3) is 13.0. The summed E-state index contributed by atoms with van der Waals surface area (Å²) in [6.45, 7) is 3.66. The van der Waals surface area contributed by atoms with Crippen LogP contribution in [0.1, 0.15) is 46.0 Å². The third-order valence-electron chi connectivity index (χ3n) is 4.64. The van der Waals surface area contributed by atoms with E-state index in [4.69, 9.17) is 17.2 Å². The van der Waals surface area contributed by atoms with Crippen molar-refractivity contribution in [3.63, 3.8) is 0 Å². The molecule has 0 aromatic carbocycles. The predicted molar refractivity (Wildman–Crippen MR) is 126 cm³/mol. The van der Waals surface area contributed by atoms with Crippen LogP contribution in [0.2, 0.25) is 0 Å². The molecule has 0 saturated carbocycles. The number of primary amides is 2. The second kappa shape index (κ2) is 15.9. The van der Waals surface area contributed by atoms with Crippen molar-refractivity contribution in [3.05, 3.63) is 0 Å². The monoisotopic (exact) mass is 504 g/mol. The molecule has 0 spiro atoms. The Morgan fingerprint density at radius 1 is 0.824 bits per heavy atom. The van der Waals surface area contributed by atoms with E-state index in [9.17, 15) is 33.9 Å². The maximum atomic E-state index is 13.0. The van der Waals surface area contributed by atoms with Crippen molar-refractivity contribution in [2.24, 2.45) is 23.1 Å². The Labute approximate surface area is 202 Å². The molecule has 4 unspecified atom stereocenters. The first-order valence-corrected chi connectivity index (χ1v) is 12.1. The summed E-state index contributed by atoms with van der Waals surface area (Å²) in [5.41, 5.74) is 15.9. The minimum Gasteiger partial charge on any atom is -0.480 e. The lowest BCUT2D eigenvalue weighted by atomic mass is 10.0. The van der Waals surface area contributed by atoms with Crippen molar-refractivity contribution >= 4 is 47.3 Å². The summed E-state index contributed by atoms with van der Waals surface area (Å²) >= 11 is 1.41. The number of nitrogens with two attached hydrogens (primary N) is 3. The van der Waals surface area contributed by atoms with Crippen molar-refractivity contribution in [2.75, 3.05) is 12.0 Å². The molecule has 0 radical (unpaired) electrons. The zero-order valence-electron chi connectivity index (χ0n) is 19.7. The Bertz CT molecular complexity index is 749. The van der Waals surface area contributed by atoms with Crippen LogP contribution in [0, 0.1) is 5.92 Å². The predicted octanol–water partition coefficient (Wildman–Crippen LogP) is -2.21. The Hall–Kier alpha value is -2.87. The molecule has 194 valence electrons. The van der Waals surface area contributed by atoms with Crippen LogP contribution in [-0.2, 0) is 28.8 Å². The van der Waals surface area contributed by atoms with Gasteiger partial charge in [-0.3, -0.25) is 24.0 Å². The van der Waals surface area contributed by atoms with Gasteiger partial charge in [0, 0.05) is 6.42 Å². The van der Waals surface area contributed by atoms with Crippen molar-refractivity contribution in [1.82, 2.24) is 16.0 Å². The van der Waals surface area contributed by atoms with Gasteiger partial charge in [-0.25, -0.2) is 4.79 Å². The Balaban J connectivity index is 5.45. The summed E-state index contributed by atoms with van der Waals surface area (Å²) in [6, 6.07) is -4.76. The highest BCUT2D eigenvalue weighted by Gasteiger charge is 2.31. The Kier molecular flexibility index (Phi) is 14.5. The molecule has 0 aliphatic rings. The fraction of sp³-hybridized carbons (Fsp3) is 0.700. The smallest absolute Gasteiger partial charge is 0.326 e. The molecule has 34 heavy (non-hydrogen) atoms. The van der Waals surface area contributed by atoms with E-state index in [-0.39, 0.29) is 31.6 Å². The number of thioether (sulfide) groups is 1. The fourth-order valence-electron chi connectivity index (χ4n) is 2.86. The number of hydrogen-bond donors (Lipinski definition) is 7. The summed E-state index contributed by atoms with van der Waals surface area (Å²) in [7, 11) is 0. The molecule has 13 nitrogen and oxygen atoms in total. The molecule has 0 rings (SSSR count). The van der Waals surface area contributed by atoms with Gasteiger partial charge in [0.15, 0.2) is 0 Å². The van der Waals surface area contributed by atoms with Crippen LogP contribution in [-0.4, -0.2) is 76.8 Å². The molecule has 0 saturated heterocycles. The highest BCUT2D eigenvalue weighted by Crippen LogP contribution is 2.09. The first-order valence-electron chi connectivity index (χ1n) is 10.7. The second-order valence-corrected chi connectivity index (χ2v) is 9.20. The topological polar surface area (TPSA) is 237 Å². The van der Waals surface area contributed by atoms with Crippen LogP contribution in [0.5, 0.6) is 0 Å². The van der Waals surface area contributed by atoms with Crippen LogP contribution in [0.3, 0.4) is 0 Å². The summed E-state index contributed by atoms with van der Waals surface area (Å²) in [5.74, 6) is -4.63. The number of carboxylic acid groups (broad SMARTS) is 1. The van der Waals surface area contributed by atoms with Gasteiger partial charge in [0.05, 0.1) is 12.5 Å². The summed E-state index contributed by atoms with van der Waals surface area (Å²) in [4.78, 5) is 71.4. The van der Waals surface area contributed by atoms with E-state index in [1.54, 1.807) is 6.26 Å². The van der Waals surface area contributed by atoms with E-state index in [0.29, 0.717) is 5.75 Å². The molecule has 0 bridgehead atoms. The maximum Gasteiger partial charge on any atom is 0.326 e. The lowest BCUT2D eigenvalue weighted by Gasteiger charge is -2.26. The number of amides is 5. The molecule has 5 amide bonds. The molecule has 4 atom stereocenters. The number of hydrogen-bond acceptors (Lipinski definition) is 8. The van der Waals surface area contributed by atoms with E-state index in [2.05, 4.69) is 16.0 Å². The van der Waals surface area contributed by atoms with Gasteiger partial charge in [0.25, 0.3) is 0 Å². The van der Waals surface area contributed by atoms with Gasteiger partial charge >= 0.3 is 5.97 Å². The van der Waals surface area contributed by atoms with Crippen LogP contribution in [0.25, 0.3) is 0 Å². The standard InChI is InChI=1S/C20H36N6O7S/c1-10(2)8-13(25-17(29)11(21)4-5-15(22)27)19(31)24-12(6-7-34-3)18(30)26-14(20(32)33)9-16(23)28/h10-14H,4-9,21H2,1-3H3,(H2,22,27)(H2,23,28)(H,24,31)(H,25,29)(H,26,30)(H,32,33). The first kappa shape index (κ1) is 31.1. The van der Waals surface area contributed by atoms with Gasteiger partial charge < -0.3 is 38.3 Å².